The summed E-state index contributed by atoms with van der Waals surface area (Å²) in [5.74, 6) is 0.150. The normalized spacial score (nSPS) is 12.7. The summed E-state index contributed by atoms with van der Waals surface area (Å²) in [4.78, 5) is 17.6. The second-order valence-electron chi connectivity index (χ2n) is 7.54. The van der Waals surface area contributed by atoms with Crippen LogP contribution in [0, 0.1) is 0 Å². The van der Waals surface area contributed by atoms with Gasteiger partial charge in [-0.1, -0.05) is 69.0 Å². The van der Waals surface area contributed by atoms with Crippen molar-refractivity contribution < 1.29 is 4.79 Å². The molecule has 0 saturated heterocycles. The van der Waals surface area contributed by atoms with Crippen molar-refractivity contribution in [3.05, 3.63) is 29.3 Å². The number of hydrogen-bond donors (Lipinski definition) is 1. The molecule has 8 nitrogen and oxygen atoms in total. The number of amides is 1. The van der Waals surface area contributed by atoms with Crippen LogP contribution >= 0.6 is 23.1 Å². The summed E-state index contributed by atoms with van der Waals surface area (Å²) in [6, 6.07) is 8.14. The minimum atomic E-state index is -0.352. The van der Waals surface area contributed by atoms with E-state index in [4.69, 9.17) is 4.98 Å². The van der Waals surface area contributed by atoms with Crippen molar-refractivity contribution in [2.24, 2.45) is 0 Å². The van der Waals surface area contributed by atoms with Crippen molar-refractivity contribution in [3.8, 4) is 0 Å². The van der Waals surface area contributed by atoms with Crippen LogP contribution in [0.3, 0.4) is 0 Å². The van der Waals surface area contributed by atoms with Gasteiger partial charge < -0.3 is 4.57 Å². The van der Waals surface area contributed by atoms with E-state index >= 15 is 0 Å². The summed E-state index contributed by atoms with van der Waals surface area (Å²) < 4.78 is 2.18. The highest BCUT2D eigenvalue weighted by molar-refractivity contribution is 8.00. The third-order valence-corrected chi connectivity index (χ3v) is 7.23. The van der Waals surface area contributed by atoms with E-state index < -0.39 is 0 Å². The van der Waals surface area contributed by atoms with Gasteiger partial charge in [0.25, 0.3) is 0 Å². The number of benzene rings is 1. The molecule has 0 radical (unpaired) electrons. The molecule has 0 aliphatic rings. The van der Waals surface area contributed by atoms with E-state index in [1.54, 1.807) is 0 Å². The van der Waals surface area contributed by atoms with Gasteiger partial charge in [-0.2, -0.15) is 0 Å². The van der Waals surface area contributed by atoms with E-state index in [1.807, 2.05) is 25.1 Å². The first kappa shape index (κ1) is 21.6. The molecule has 1 atom stereocenters. The highest BCUT2D eigenvalue weighted by Crippen LogP contribution is 2.30. The maximum Gasteiger partial charge on any atom is 0.239 e. The zero-order chi connectivity index (χ0) is 22.0. The lowest BCUT2D eigenvalue weighted by atomic mass is 10.2. The number of thioether (sulfide) groups is 1. The van der Waals surface area contributed by atoms with Crippen LogP contribution in [0.25, 0.3) is 22.1 Å². The Kier molecular flexibility index (Phi) is 6.47. The van der Waals surface area contributed by atoms with Gasteiger partial charge in [0.15, 0.2) is 5.65 Å². The fourth-order valence-corrected chi connectivity index (χ4v) is 4.91. The number of fused-ring (bicyclic) bond motifs is 3. The highest BCUT2D eigenvalue weighted by atomic mass is 32.2. The first-order valence-corrected chi connectivity index (χ1v) is 12.1. The molecule has 3 heterocycles. The summed E-state index contributed by atoms with van der Waals surface area (Å²) in [6.45, 7) is 9.06. The van der Waals surface area contributed by atoms with Crippen molar-refractivity contribution in [2.45, 2.75) is 63.4 Å². The number of para-hydroxylation sites is 1. The smallest absolute Gasteiger partial charge is 0.239 e. The molecule has 0 fully saturated rings. The zero-order valence-electron chi connectivity index (χ0n) is 18.0. The van der Waals surface area contributed by atoms with Crippen LogP contribution in [-0.2, 0) is 11.3 Å². The van der Waals surface area contributed by atoms with Crippen LogP contribution in [0.2, 0.25) is 0 Å². The van der Waals surface area contributed by atoms with Crippen LogP contribution in [0.4, 0.5) is 5.13 Å². The average Bonchev–Trinajstić information content (AvgIpc) is 3.35. The molecule has 0 unspecified atom stereocenters. The van der Waals surface area contributed by atoms with E-state index in [0.717, 1.165) is 40.0 Å². The van der Waals surface area contributed by atoms with Gasteiger partial charge in [0, 0.05) is 17.8 Å². The highest BCUT2D eigenvalue weighted by Gasteiger charge is 2.23. The van der Waals surface area contributed by atoms with Gasteiger partial charge in [-0.05, 0) is 18.9 Å². The van der Waals surface area contributed by atoms with E-state index in [2.05, 4.69) is 57.1 Å². The van der Waals surface area contributed by atoms with Crippen LogP contribution < -0.4 is 5.32 Å². The summed E-state index contributed by atoms with van der Waals surface area (Å²) in [5, 5.41) is 22.5. The molecule has 0 aliphatic carbocycles. The molecule has 4 rings (SSSR count). The topological polar surface area (TPSA) is 98.5 Å². The van der Waals surface area contributed by atoms with Crippen LogP contribution in [-0.4, -0.2) is 41.1 Å². The van der Waals surface area contributed by atoms with Gasteiger partial charge in [-0.25, -0.2) is 4.98 Å². The molecular formula is C21H25N7OS2. The minimum absolute atomic E-state index is 0.128. The molecule has 0 aliphatic heterocycles. The summed E-state index contributed by atoms with van der Waals surface area (Å²) in [7, 11) is 0. The van der Waals surface area contributed by atoms with Gasteiger partial charge in [0.05, 0.1) is 10.8 Å². The van der Waals surface area contributed by atoms with Crippen molar-refractivity contribution in [1.82, 2.24) is 29.9 Å². The fourth-order valence-electron chi connectivity index (χ4n) is 3.34. The molecule has 1 amide bonds. The van der Waals surface area contributed by atoms with Gasteiger partial charge in [-0.15, -0.1) is 20.4 Å². The molecule has 1 aromatic carbocycles. The van der Waals surface area contributed by atoms with E-state index in [-0.39, 0.29) is 17.1 Å². The number of carbonyl (C=O) groups excluding carboxylic acids is 1. The Hall–Kier alpha value is -2.59. The second-order valence-corrected chi connectivity index (χ2v) is 9.72. The first-order chi connectivity index (χ1) is 15.0. The minimum Gasteiger partial charge on any atom is -0.324 e. The monoisotopic (exact) mass is 455 g/mol. The molecule has 0 spiro atoms. The Morgan fingerprint density at radius 2 is 1.97 bits per heavy atom. The van der Waals surface area contributed by atoms with Crippen molar-refractivity contribution in [2.75, 3.05) is 5.32 Å². The van der Waals surface area contributed by atoms with Crippen molar-refractivity contribution in [3.63, 3.8) is 0 Å². The Labute approximate surface area is 188 Å². The third kappa shape index (κ3) is 4.40. The quantitative estimate of drug-likeness (QED) is 0.378. The summed E-state index contributed by atoms with van der Waals surface area (Å²) >= 11 is 2.73. The Balaban J connectivity index is 1.59. The van der Waals surface area contributed by atoms with E-state index in [9.17, 15) is 4.79 Å². The lowest BCUT2D eigenvalue weighted by Gasteiger charge is -2.12. The number of aryl methyl sites for hydroxylation is 1. The molecule has 3 aromatic heterocycles. The molecule has 10 heteroatoms. The zero-order valence-corrected chi connectivity index (χ0v) is 19.6. The molecule has 0 bridgehead atoms. The second kappa shape index (κ2) is 9.27. The van der Waals surface area contributed by atoms with Crippen molar-refractivity contribution in [1.29, 1.82) is 0 Å². The maximum atomic E-state index is 12.8. The standard InChI is InChI=1S/C21H25N7OS2/c1-5-11-28-14-10-8-7-9-13(14)16-17(28)22-20(26-24-16)30-15(6-2)18(29)23-21-27-25-19(31-21)12(3)4/h7-10,12,15H,5-6,11H2,1-4H3,(H,23,27,29)/t15-/m1/s1. The average molecular weight is 456 g/mol. The molecular weight excluding hydrogens is 430 g/mol. The Bertz CT molecular complexity index is 1220. The molecule has 4 aromatic rings. The SMILES string of the molecule is CCCn1c2ccccc2c2nnc(S[C@H](CC)C(=O)Nc3nnc(C(C)C)s3)nc21. The molecule has 1 N–H and O–H groups in total. The Morgan fingerprint density at radius 1 is 1.16 bits per heavy atom. The lowest BCUT2D eigenvalue weighted by molar-refractivity contribution is -0.115. The summed E-state index contributed by atoms with van der Waals surface area (Å²) in [6.07, 6.45) is 1.62. The third-order valence-electron chi connectivity index (χ3n) is 4.88. The van der Waals surface area contributed by atoms with Gasteiger partial charge in [-0.3, -0.25) is 10.1 Å². The van der Waals surface area contributed by atoms with Crippen LogP contribution in [0.1, 0.15) is 51.5 Å². The van der Waals surface area contributed by atoms with Gasteiger partial charge >= 0.3 is 0 Å². The van der Waals surface area contributed by atoms with E-state index in [0.29, 0.717) is 16.7 Å². The first-order valence-electron chi connectivity index (χ1n) is 10.4. The van der Waals surface area contributed by atoms with Gasteiger partial charge in [0.1, 0.15) is 10.5 Å². The van der Waals surface area contributed by atoms with Crippen LogP contribution in [0.15, 0.2) is 29.4 Å². The fraction of sp³-hybridized carbons (Fsp3) is 0.429. The molecule has 0 saturated carbocycles. The lowest BCUT2D eigenvalue weighted by Crippen LogP contribution is -2.24. The number of carbonyl (C=O) groups is 1. The number of rotatable bonds is 8. The maximum absolute atomic E-state index is 12.8. The van der Waals surface area contributed by atoms with Crippen molar-refractivity contribution >= 4 is 56.2 Å². The number of nitrogens with one attached hydrogen (secondary N) is 1. The Morgan fingerprint density at radius 3 is 2.68 bits per heavy atom. The molecule has 31 heavy (non-hydrogen) atoms. The predicted octanol–water partition coefficient (Wildman–Crippen LogP) is 4.87. The number of hydrogen-bond acceptors (Lipinski definition) is 8. The number of nitrogens with zero attached hydrogens (tertiary/aromatic N) is 6. The number of aromatic nitrogens is 6. The summed E-state index contributed by atoms with van der Waals surface area (Å²) in [5.41, 5.74) is 2.70. The van der Waals surface area contributed by atoms with E-state index in [1.165, 1.54) is 23.1 Å². The van der Waals surface area contributed by atoms with Crippen LogP contribution in [0.5, 0.6) is 0 Å². The van der Waals surface area contributed by atoms with Gasteiger partial charge in [0.2, 0.25) is 16.2 Å². The predicted molar refractivity (Wildman–Crippen MR) is 126 cm³/mol. The molecule has 162 valence electrons. The number of anilines is 1. The largest absolute Gasteiger partial charge is 0.324 e.